The summed E-state index contributed by atoms with van der Waals surface area (Å²) < 4.78 is 10.8. The van der Waals surface area contributed by atoms with E-state index in [1.54, 1.807) is 19.1 Å². The van der Waals surface area contributed by atoms with Crippen LogP contribution in [0, 0.1) is 12.8 Å². The third-order valence-electron chi connectivity index (χ3n) is 4.41. The quantitative estimate of drug-likeness (QED) is 0.734. The summed E-state index contributed by atoms with van der Waals surface area (Å²) >= 11 is 0. The molecule has 132 valence electrons. The van der Waals surface area contributed by atoms with Crippen LogP contribution in [0.3, 0.4) is 0 Å². The van der Waals surface area contributed by atoms with Crippen LogP contribution in [-0.2, 0) is 11.4 Å². The number of ether oxygens (including phenoxy) is 1. The number of nitrogens with zero attached hydrogens (tertiary/aromatic N) is 2. The maximum Gasteiger partial charge on any atom is 0.253 e. The summed E-state index contributed by atoms with van der Waals surface area (Å²) in [5.74, 6) is 2.06. The Kier molecular flexibility index (Phi) is 4.39. The minimum absolute atomic E-state index is 0.0501. The number of hydrogen-bond donors (Lipinski definition) is 1. The van der Waals surface area contributed by atoms with E-state index in [0.29, 0.717) is 23.4 Å². The molecule has 1 amide bonds. The summed E-state index contributed by atoms with van der Waals surface area (Å²) in [7, 11) is 0. The summed E-state index contributed by atoms with van der Waals surface area (Å²) in [6.07, 6.45) is 0.903. The second kappa shape index (κ2) is 7.00. The summed E-state index contributed by atoms with van der Waals surface area (Å²) in [6, 6.07) is 17.4. The number of aryl methyl sites for hydroxylation is 1. The van der Waals surface area contributed by atoms with Gasteiger partial charge >= 0.3 is 0 Å². The van der Waals surface area contributed by atoms with Gasteiger partial charge in [0.05, 0.1) is 0 Å². The van der Waals surface area contributed by atoms with Crippen molar-refractivity contribution in [1.82, 2.24) is 10.2 Å². The molecule has 6 nitrogen and oxygen atoms in total. The van der Waals surface area contributed by atoms with Crippen LogP contribution in [0.1, 0.15) is 29.7 Å². The molecule has 0 unspecified atom stereocenters. The van der Waals surface area contributed by atoms with Crippen molar-refractivity contribution in [1.29, 1.82) is 0 Å². The molecule has 1 saturated carbocycles. The second-order valence-electron chi connectivity index (χ2n) is 6.38. The maximum atomic E-state index is 12.4. The van der Waals surface area contributed by atoms with E-state index >= 15 is 0 Å². The average Bonchev–Trinajstić information content (AvgIpc) is 3.37. The van der Waals surface area contributed by atoms with Crippen LogP contribution in [0.25, 0.3) is 0 Å². The van der Waals surface area contributed by atoms with Crippen LogP contribution in [0.2, 0.25) is 0 Å². The Bertz CT molecular complexity index is 890. The molecule has 1 heterocycles. The van der Waals surface area contributed by atoms with E-state index in [1.165, 1.54) is 5.56 Å². The van der Waals surface area contributed by atoms with Gasteiger partial charge in [-0.1, -0.05) is 30.3 Å². The zero-order chi connectivity index (χ0) is 17.9. The van der Waals surface area contributed by atoms with Crippen LogP contribution in [0.5, 0.6) is 5.75 Å². The Labute approximate surface area is 151 Å². The zero-order valence-corrected chi connectivity index (χ0v) is 14.4. The van der Waals surface area contributed by atoms with Crippen molar-refractivity contribution in [3.63, 3.8) is 0 Å². The van der Waals surface area contributed by atoms with E-state index in [9.17, 15) is 4.79 Å². The Balaban J connectivity index is 1.29. The van der Waals surface area contributed by atoms with Gasteiger partial charge in [0.25, 0.3) is 5.89 Å². The molecule has 2 aromatic carbocycles. The van der Waals surface area contributed by atoms with Crippen LogP contribution in [-0.4, -0.2) is 16.1 Å². The molecule has 26 heavy (non-hydrogen) atoms. The van der Waals surface area contributed by atoms with Crippen LogP contribution in [0.15, 0.2) is 59.0 Å². The topological polar surface area (TPSA) is 77.3 Å². The lowest BCUT2D eigenvalue weighted by molar-refractivity contribution is -0.117. The van der Waals surface area contributed by atoms with Gasteiger partial charge in [0, 0.05) is 18.5 Å². The first kappa shape index (κ1) is 16.3. The predicted molar refractivity (Wildman–Crippen MR) is 95.7 cm³/mol. The molecule has 1 fully saturated rings. The molecule has 3 aromatic rings. The molecule has 1 aromatic heterocycles. The van der Waals surface area contributed by atoms with Crippen LogP contribution >= 0.6 is 0 Å². The van der Waals surface area contributed by atoms with Crippen molar-refractivity contribution in [2.24, 2.45) is 5.92 Å². The number of rotatable bonds is 6. The third kappa shape index (κ3) is 3.74. The standard InChI is InChI=1S/C20H19N3O3/c1-13-22-23-19(26-13)12-25-16-9-7-15(8-10-16)21-20(24)18-11-17(18)14-5-3-2-4-6-14/h2-10,17-18H,11-12H2,1H3,(H,21,24)/t17-,18+/m1/s1. The molecule has 1 aliphatic rings. The largest absolute Gasteiger partial charge is 0.484 e. The normalized spacial score (nSPS) is 18.3. The number of hydrogen-bond acceptors (Lipinski definition) is 5. The molecule has 0 aliphatic heterocycles. The van der Waals surface area contributed by atoms with Crippen molar-refractivity contribution < 1.29 is 13.9 Å². The van der Waals surface area contributed by atoms with Crippen molar-refractivity contribution in [2.75, 3.05) is 5.32 Å². The van der Waals surface area contributed by atoms with Crippen molar-refractivity contribution in [3.05, 3.63) is 71.9 Å². The van der Waals surface area contributed by atoms with Gasteiger partial charge in [-0.2, -0.15) is 0 Å². The van der Waals surface area contributed by atoms with Crippen molar-refractivity contribution in [2.45, 2.75) is 25.9 Å². The Morgan fingerprint density at radius 1 is 1.15 bits per heavy atom. The van der Waals surface area contributed by atoms with Gasteiger partial charge < -0.3 is 14.5 Å². The fraction of sp³-hybridized carbons (Fsp3) is 0.250. The highest BCUT2D eigenvalue weighted by Gasteiger charge is 2.43. The van der Waals surface area contributed by atoms with Gasteiger partial charge in [-0.25, -0.2) is 0 Å². The maximum absolute atomic E-state index is 12.4. The predicted octanol–water partition coefficient (Wildman–Crippen LogP) is 3.70. The first-order chi connectivity index (χ1) is 12.7. The number of aromatic nitrogens is 2. The summed E-state index contributed by atoms with van der Waals surface area (Å²) in [5, 5.41) is 10.6. The lowest BCUT2D eigenvalue weighted by Crippen LogP contribution is -2.14. The highest BCUT2D eigenvalue weighted by molar-refractivity contribution is 5.95. The molecule has 1 N–H and O–H groups in total. The van der Waals surface area contributed by atoms with Gasteiger partial charge in [-0.3, -0.25) is 4.79 Å². The molecule has 0 radical (unpaired) electrons. The Hall–Kier alpha value is -3.15. The average molecular weight is 349 g/mol. The summed E-state index contributed by atoms with van der Waals surface area (Å²) in [5.41, 5.74) is 1.99. The number of carbonyl (C=O) groups excluding carboxylic acids is 1. The first-order valence-corrected chi connectivity index (χ1v) is 8.57. The van der Waals surface area contributed by atoms with Gasteiger partial charge in [0.15, 0.2) is 6.61 Å². The minimum Gasteiger partial charge on any atom is -0.484 e. The van der Waals surface area contributed by atoms with E-state index in [4.69, 9.17) is 9.15 Å². The summed E-state index contributed by atoms with van der Waals surface area (Å²) in [6.45, 7) is 1.95. The lowest BCUT2D eigenvalue weighted by atomic mass is 10.1. The fourth-order valence-electron chi connectivity index (χ4n) is 2.96. The molecule has 6 heteroatoms. The van der Waals surface area contributed by atoms with E-state index in [2.05, 4.69) is 27.6 Å². The monoisotopic (exact) mass is 349 g/mol. The first-order valence-electron chi connectivity index (χ1n) is 8.57. The SMILES string of the molecule is Cc1nnc(COc2ccc(NC(=O)[C@H]3C[C@@H]3c3ccccc3)cc2)o1. The molecule has 0 saturated heterocycles. The van der Waals surface area contributed by atoms with E-state index in [-0.39, 0.29) is 18.4 Å². The van der Waals surface area contributed by atoms with E-state index < -0.39 is 0 Å². The number of amides is 1. The smallest absolute Gasteiger partial charge is 0.253 e. The second-order valence-corrected chi connectivity index (χ2v) is 6.38. The third-order valence-corrected chi connectivity index (χ3v) is 4.41. The molecule has 0 bridgehead atoms. The van der Waals surface area contributed by atoms with E-state index in [1.807, 2.05) is 30.3 Å². The van der Waals surface area contributed by atoms with Crippen LogP contribution in [0.4, 0.5) is 5.69 Å². The summed E-state index contributed by atoms with van der Waals surface area (Å²) in [4.78, 5) is 12.4. The Morgan fingerprint density at radius 3 is 2.62 bits per heavy atom. The molecule has 0 spiro atoms. The number of carbonyl (C=O) groups is 1. The van der Waals surface area contributed by atoms with E-state index in [0.717, 1.165) is 12.1 Å². The number of benzene rings is 2. The van der Waals surface area contributed by atoms with Gasteiger partial charge in [-0.05, 0) is 42.2 Å². The molecular formula is C20H19N3O3. The van der Waals surface area contributed by atoms with Crippen LogP contribution < -0.4 is 10.1 Å². The minimum atomic E-state index is 0.0501. The van der Waals surface area contributed by atoms with Gasteiger partial charge in [-0.15, -0.1) is 10.2 Å². The Morgan fingerprint density at radius 2 is 1.92 bits per heavy atom. The lowest BCUT2D eigenvalue weighted by Gasteiger charge is -2.07. The number of anilines is 1. The molecule has 4 rings (SSSR count). The molecular weight excluding hydrogens is 330 g/mol. The fourth-order valence-corrected chi connectivity index (χ4v) is 2.96. The van der Waals surface area contributed by atoms with Gasteiger partial charge in [0.2, 0.25) is 11.8 Å². The molecule has 1 aliphatic carbocycles. The van der Waals surface area contributed by atoms with Crippen molar-refractivity contribution >= 4 is 11.6 Å². The number of nitrogens with one attached hydrogen (secondary N) is 1. The highest BCUT2D eigenvalue weighted by atomic mass is 16.5. The van der Waals surface area contributed by atoms with Crippen molar-refractivity contribution in [3.8, 4) is 5.75 Å². The van der Waals surface area contributed by atoms with Gasteiger partial charge in [0.1, 0.15) is 5.75 Å². The molecule has 2 atom stereocenters. The zero-order valence-electron chi connectivity index (χ0n) is 14.4. The highest BCUT2D eigenvalue weighted by Crippen LogP contribution is 2.47.